The first-order valence-electron chi connectivity index (χ1n) is 7.92. The number of anilines is 1. The van der Waals surface area contributed by atoms with E-state index >= 15 is 0 Å². The van der Waals surface area contributed by atoms with Crippen LogP contribution in [-0.2, 0) is 4.74 Å². The molecule has 0 unspecified atom stereocenters. The molecule has 0 aliphatic carbocycles. The van der Waals surface area contributed by atoms with Gasteiger partial charge in [-0.25, -0.2) is 0 Å². The van der Waals surface area contributed by atoms with Crippen LogP contribution in [0.5, 0.6) is 0 Å². The first-order chi connectivity index (χ1) is 10.7. The second-order valence-electron chi connectivity index (χ2n) is 6.31. The van der Waals surface area contributed by atoms with Crippen LogP contribution in [0.2, 0.25) is 5.02 Å². The highest BCUT2D eigenvalue weighted by molar-refractivity contribution is 6.34. The predicted octanol–water partition coefficient (Wildman–Crippen LogP) is 2.52. The van der Waals surface area contributed by atoms with E-state index in [1.54, 1.807) is 0 Å². The van der Waals surface area contributed by atoms with E-state index in [1.165, 1.54) is 0 Å². The van der Waals surface area contributed by atoms with Gasteiger partial charge in [-0.05, 0) is 18.6 Å². The van der Waals surface area contributed by atoms with Crippen molar-refractivity contribution in [1.82, 2.24) is 15.1 Å². The summed E-state index contributed by atoms with van der Waals surface area (Å²) in [7, 11) is 0. The highest BCUT2D eigenvalue weighted by Gasteiger charge is 2.43. The van der Waals surface area contributed by atoms with Crippen LogP contribution in [-0.4, -0.2) is 60.0 Å². The highest BCUT2D eigenvalue weighted by Crippen LogP contribution is 2.33. The monoisotopic (exact) mass is 320 g/mol. The molecule has 1 N–H and O–H groups in total. The number of ether oxygens (including phenoxy) is 1. The Balaban J connectivity index is 1.51. The van der Waals surface area contributed by atoms with Gasteiger partial charge in [0.2, 0.25) is 0 Å². The third-order valence-corrected chi connectivity index (χ3v) is 5.50. The van der Waals surface area contributed by atoms with Crippen molar-refractivity contribution in [2.75, 3.05) is 44.3 Å². The van der Waals surface area contributed by atoms with Crippen LogP contribution < -0.4 is 4.90 Å². The number of piperazine rings is 1. The van der Waals surface area contributed by atoms with Crippen molar-refractivity contribution in [2.45, 2.75) is 18.9 Å². The van der Waals surface area contributed by atoms with Crippen LogP contribution in [0.4, 0.5) is 5.69 Å². The van der Waals surface area contributed by atoms with Crippen LogP contribution >= 0.6 is 11.6 Å². The largest absolute Gasteiger partial charge is 0.377 e. The summed E-state index contributed by atoms with van der Waals surface area (Å²) in [6.45, 7) is 8.15. The van der Waals surface area contributed by atoms with Gasteiger partial charge in [0.15, 0.2) is 0 Å². The van der Waals surface area contributed by atoms with E-state index < -0.39 is 0 Å². The van der Waals surface area contributed by atoms with Gasteiger partial charge in [0.05, 0.1) is 41.2 Å². The molecule has 118 valence electrons. The summed E-state index contributed by atoms with van der Waals surface area (Å²) in [5, 5.41) is 8.97. The molecular formula is C16H21ClN4O. The highest BCUT2D eigenvalue weighted by atomic mass is 35.5. The molecule has 0 bridgehead atoms. The van der Waals surface area contributed by atoms with E-state index in [9.17, 15) is 0 Å². The van der Waals surface area contributed by atoms with Crippen LogP contribution in [0.15, 0.2) is 18.3 Å². The van der Waals surface area contributed by atoms with Gasteiger partial charge in [-0.15, -0.1) is 0 Å². The molecule has 1 aromatic heterocycles. The molecule has 0 radical (unpaired) electrons. The summed E-state index contributed by atoms with van der Waals surface area (Å²) in [5.41, 5.74) is 2.43. The fourth-order valence-corrected chi connectivity index (χ4v) is 3.86. The molecule has 6 heteroatoms. The van der Waals surface area contributed by atoms with Crippen molar-refractivity contribution < 1.29 is 4.74 Å². The Morgan fingerprint density at radius 1 is 1.27 bits per heavy atom. The van der Waals surface area contributed by atoms with Crippen molar-refractivity contribution in [3.05, 3.63) is 23.4 Å². The number of nitrogens with one attached hydrogen (secondary N) is 1. The predicted molar refractivity (Wildman–Crippen MR) is 88.7 cm³/mol. The minimum Gasteiger partial charge on any atom is -0.377 e. The molecule has 0 spiro atoms. The summed E-state index contributed by atoms with van der Waals surface area (Å²) in [6.07, 6.45) is 2.97. The van der Waals surface area contributed by atoms with Crippen LogP contribution in [0.25, 0.3) is 10.9 Å². The van der Waals surface area contributed by atoms with Crippen molar-refractivity contribution in [1.29, 1.82) is 0 Å². The average Bonchev–Trinajstić information content (AvgIpc) is 2.94. The van der Waals surface area contributed by atoms with Gasteiger partial charge in [0.1, 0.15) is 0 Å². The van der Waals surface area contributed by atoms with Gasteiger partial charge in [-0.3, -0.25) is 10.00 Å². The number of aromatic nitrogens is 2. The van der Waals surface area contributed by atoms with Gasteiger partial charge in [0.25, 0.3) is 0 Å². The molecule has 2 fully saturated rings. The van der Waals surface area contributed by atoms with Gasteiger partial charge >= 0.3 is 0 Å². The van der Waals surface area contributed by atoms with Gasteiger partial charge in [0, 0.05) is 31.6 Å². The van der Waals surface area contributed by atoms with Gasteiger partial charge < -0.3 is 9.64 Å². The van der Waals surface area contributed by atoms with E-state index in [1.807, 2.05) is 12.3 Å². The molecule has 3 heterocycles. The minimum absolute atomic E-state index is 0.281. The lowest BCUT2D eigenvalue weighted by molar-refractivity contribution is -0.143. The van der Waals surface area contributed by atoms with E-state index in [-0.39, 0.29) is 5.54 Å². The fraction of sp³-hybridized carbons (Fsp3) is 0.562. The topological polar surface area (TPSA) is 44.4 Å². The van der Waals surface area contributed by atoms with Crippen LogP contribution in [0.3, 0.4) is 0 Å². The molecule has 5 nitrogen and oxygen atoms in total. The number of fused-ring (bicyclic) bond motifs is 1. The Morgan fingerprint density at radius 3 is 2.68 bits per heavy atom. The number of aromatic amines is 1. The number of H-pyrrole nitrogens is 1. The molecule has 0 atom stereocenters. The fourth-order valence-electron chi connectivity index (χ4n) is 3.56. The molecule has 2 aliphatic rings. The smallest absolute Gasteiger partial charge is 0.0677 e. The molecule has 1 aromatic carbocycles. The average molecular weight is 321 g/mol. The Kier molecular flexibility index (Phi) is 3.51. The van der Waals surface area contributed by atoms with E-state index in [2.05, 4.69) is 33.0 Å². The number of hydrogen-bond acceptors (Lipinski definition) is 4. The third-order valence-electron chi connectivity index (χ3n) is 5.20. The first kappa shape index (κ1) is 14.3. The molecule has 0 saturated carbocycles. The van der Waals surface area contributed by atoms with Crippen molar-refractivity contribution in [3.8, 4) is 0 Å². The molecule has 2 aliphatic heterocycles. The number of benzene rings is 1. The summed E-state index contributed by atoms with van der Waals surface area (Å²) in [5.74, 6) is 0. The molecule has 22 heavy (non-hydrogen) atoms. The molecule has 2 aromatic rings. The molecular weight excluding hydrogens is 300 g/mol. The second kappa shape index (κ2) is 5.41. The summed E-state index contributed by atoms with van der Waals surface area (Å²) in [4.78, 5) is 4.97. The summed E-state index contributed by atoms with van der Waals surface area (Å²) < 4.78 is 5.46. The number of nitrogens with zero attached hydrogens (tertiary/aromatic N) is 3. The second-order valence-corrected chi connectivity index (χ2v) is 6.71. The first-order valence-corrected chi connectivity index (χ1v) is 8.30. The normalized spacial score (nSPS) is 22.0. The summed E-state index contributed by atoms with van der Waals surface area (Å²) in [6, 6.07) is 4.11. The lowest BCUT2D eigenvalue weighted by Gasteiger charge is -2.52. The maximum atomic E-state index is 6.47. The molecule has 4 rings (SSSR count). The van der Waals surface area contributed by atoms with E-state index in [0.717, 1.165) is 67.4 Å². The third kappa shape index (κ3) is 2.19. The van der Waals surface area contributed by atoms with Crippen LogP contribution in [0, 0.1) is 0 Å². The maximum Gasteiger partial charge on any atom is 0.0677 e. The van der Waals surface area contributed by atoms with Crippen LogP contribution in [0.1, 0.15) is 13.3 Å². The Hall–Kier alpha value is -1.30. The Labute approximate surface area is 135 Å². The van der Waals surface area contributed by atoms with Crippen molar-refractivity contribution in [2.24, 2.45) is 0 Å². The molecule has 2 saturated heterocycles. The number of hydrogen-bond donors (Lipinski definition) is 1. The zero-order valence-corrected chi connectivity index (χ0v) is 13.6. The van der Waals surface area contributed by atoms with E-state index in [0.29, 0.717) is 0 Å². The van der Waals surface area contributed by atoms with E-state index in [4.69, 9.17) is 16.3 Å². The Bertz CT molecular complexity index is 668. The Morgan fingerprint density at radius 2 is 2.05 bits per heavy atom. The maximum absolute atomic E-state index is 6.47. The quantitative estimate of drug-likeness (QED) is 0.944. The number of halogens is 1. The SMILES string of the molecule is CCC1(N2CCN(c3cc4[nH]ncc4cc3Cl)CC2)COC1. The lowest BCUT2D eigenvalue weighted by atomic mass is 9.91. The zero-order chi connectivity index (χ0) is 15.2. The standard InChI is InChI=1S/C16H21ClN4O/c1-2-16(10-22-11-16)21-5-3-20(4-6-21)15-8-14-12(7-13(15)17)9-18-19-14/h7-9H,2-6,10-11H2,1H3,(H,18,19). The minimum atomic E-state index is 0.281. The zero-order valence-electron chi connectivity index (χ0n) is 12.8. The number of rotatable bonds is 3. The van der Waals surface area contributed by atoms with Gasteiger partial charge in [-0.2, -0.15) is 5.10 Å². The molecule has 0 amide bonds. The summed E-state index contributed by atoms with van der Waals surface area (Å²) >= 11 is 6.47. The lowest BCUT2D eigenvalue weighted by Crippen LogP contribution is -2.66. The van der Waals surface area contributed by atoms with Gasteiger partial charge in [-0.1, -0.05) is 18.5 Å². The van der Waals surface area contributed by atoms with Crippen molar-refractivity contribution >= 4 is 28.2 Å². The van der Waals surface area contributed by atoms with Crippen molar-refractivity contribution in [3.63, 3.8) is 0 Å².